The molecule has 5 heteroatoms. The van der Waals surface area contributed by atoms with Crippen molar-refractivity contribution in [2.75, 3.05) is 6.61 Å². The first kappa shape index (κ1) is 18.3. The summed E-state index contributed by atoms with van der Waals surface area (Å²) < 4.78 is 6.39. The zero-order chi connectivity index (χ0) is 17.8. The minimum absolute atomic E-state index is 0.0521. The number of hydrogen-bond acceptors (Lipinski definition) is 2. The maximum Gasteiger partial charge on any atom is 0.258 e. The molecule has 0 spiro atoms. The average molecular weight is 423 g/mol. The number of hydrogen-bond donors (Lipinski definition) is 1. The van der Waals surface area contributed by atoms with E-state index < -0.39 is 0 Å². The molecule has 0 unspecified atom stereocenters. The van der Waals surface area contributed by atoms with E-state index in [1.54, 1.807) is 12.1 Å². The van der Waals surface area contributed by atoms with Crippen molar-refractivity contribution in [3.8, 4) is 5.75 Å². The van der Waals surface area contributed by atoms with Gasteiger partial charge in [0.2, 0.25) is 0 Å². The molecule has 25 heavy (non-hydrogen) atoms. The zero-order valence-electron chi connectivity index (χ0n) is 14.1. The first-order valence-corrected chi connectivity index (χ1v) is 9.69. The van der Waals surface area contributed by atoms with E-state index in [-0.39, 0.29) is 18.6 Å². The van der Waals surface area contributed by atoms with E-state index in [1.165, 1.54) is 24.0 Å². The van der Waals surface area contributed by atoms with Crippen LogP contribution in [0.15, 0.2) is 40.9 Å². The van der Waals surface area contributed by atoms with E-state index in [9.17, 15) is 4.79 Å². The Kier molecular flexibility index (Phi) is 6.02. The highest BCUT2D eigenvalue weighted by molar-refractivity contribution is 9.10. The Labute approximate surface area is 161 Å². The Morgan fingerprint density at radius 2 is 1.96 bits per heavy atom. The Bertz CT molecular complexity index is 778. The molecule has 0 saturated heterocycles. The summed E-state index contributed by atoms with van der Waals surface area (Å²) in [4.78, 5) is 12.2. The summed E-state index contributed by atoms with van der Waals surface area (Å²) in [7, 11) is 0. The monoisotopic (exact) mass is 421 g/mol. The number of aryl methyl sites for hydroxylation is 2. The summed E-state index contributed by atoms with van der Waals surface area (Å²) in [5.74, 6) is 0.339. The molecular formula is C20H21BrClNO2. The smallest absolute Gasteiger partial charge is 0.258 e. The van der Waals surface area contributed by atoms with Gasteiger partial charge in [-0.1, -0.05) is 45.7 Å². The van der Waals surface area contributed by atoms with Gasteiger partial charge in [-0.05, 0) is 67.5 Å². The van der Waals surface area contributed by atoms with Crippen molar-refractivity contribution in [1.29, 1.82) is 0 Å². The van der Waals surface area contributed by atoms with Crippen LogP contribution in [0.1, 0.15) is 42.5 Å². The number of halogens is 2. The van der Waals surface area contributed by atoms with Crippen LogP contribution < -0.4 is 10.1 Å². The second-order valence-corrected chi connectivity index (χ2v) is 7.71. The van der Waals surface area contributed by atoms with Gasteiger partial charge in [-0.3, -0.25) is 4.79 Å². The van der Waals surface area contributed by atoms with Crippen molar-refractivity contribution >= 4 is 33.4 Å². The van der Waals surface area contributed by atoms with Crippen LogP contribution in [0.4, 0.5) is 0 Å². The molecular weight excluding hydrogens is 402 g/mol. The van der Waals surface area contributed by atoms with Crippen molar-refractivity contribution in [1.82, 2.24) is 5.32 Å². The van der Waals surface area contributed by atoms with Crippen molar-refractivity contribution < 1.29 is 9.53 Å². The lowest BCUT2D eigenvalue weighted by molar-refractivity contribution is -0.123. The molecule has 3 rings (SSSR count). The Hall–Kier alpha value is -1.52. The standard InChI is InChI=1S/C20H21BrClNO2/c1-13(15-7-6-14-4-2-3-5-16(14)10-15)23-20(24)12-25-19-9-8-17(21)11-18(19)22/h6-11,13H,2-5,12H2,1H3,(H,23,24)/t13-/m1/s1. The van der Waals surface area contributed by atoms with Crippen LogP contribution >= 0.6 is 27.5 Å². The van der Waals surface area contributed by atoms with Crippen LogP contribution in [-0.4, -0.2) is 12.5 Å². The molecule has 0 saturated carbocycles. The van der Waals surface area contributed by atoms with E-state index in [1.807, 2.05) is 13.0 Å². The number of amides is 1. The molecule has 0 aromatic heterocycles. The highest BCUT2D eigenvalue weighted by atomic mass is 79.9. The summed E-state index contributed by atoms with van der Waals surface area (Å²) in [6.45, 7) is 1.94. The lowest BCUT2D eigenvalue weighted by atomic mass is 9.89. The van der Waals surface area contributed by atoms with Crippen LogP contribution in [0.3, 0.4) is 0 Å². The summed E-state index contributed by atoms with van der Waals surface area (Å²) >= 11 is 9.44. The van der Waals surface area contributed by atoms with E-state index >= 15 is 0 Å². The van der Waals surface area contributed by atoms with Crippen LogP contribution in [0, 0.1) is 0 Å². The van der Waals surface area contributed by atoms with Crippen LogP contribution in [-0.2, 0) is 17.6 Å². The Morgan fingerprint density at radius 3 is 2.72 bits per heavy atom. The summed E-state index contributed by atoms with van der Waals surface area (Å²) in [5, 5.41) is 3.46. The van der Waals surface area contributed by atoms with E-state index in [2.05, 4.69) is 39.4 Å². The fourth-order valence-corrected chi connectivity index (χ4v) is 3.85. The molecule has 0 bridgehead atoms. The maximum atomic E-state index is 12.2. The van der Waals surface area contributed by atoms with E-state index in [0.29, 0.717) is 10.8 Å². The summed E-state index contributed by atoms with van der Waals surface area (Å²) in [6.07, 6.45) is 4.82. The third kappa shape index (κ3) is 4.77. The van der Waals surface area contributed by atoms with Crippen molar-refractivity contribution in [3.63, 3.8) is 0 Å². The average Bonchev–Trinajstić information content (AvgIpc) is 2.60. The van der Waals surface area contributed by atoms with Gasteiger partial charge in [0.1, 0.15) is 5.75 Å². The third-order valence-corrected chi connectivity index (χ3v) is 5.29. The fourth-order valence-electron chi connectivity index (χ4n) is 3.12. The van der Waals surface area contributed by atoms with Gasteiger partial charge in [0.15, 0.2) is 6.61 Å². The molecule has 0 heterocycles. The summed E-state index contributed by atoms with van der Waals surface area (Å²) in [6, 6.07) is 11.8. The van der Waals surface area contributed by atoms with Gasteiger partial charge >= 0.3 is 0 Å². The molecule has 3 nitrogen and oxygen atoms in total. The van der Waals surface area contributed by atoms with Crippen LogP contribution in [0.25, 0.3) is 0 Å². The second kappa shape index (κ2) is 8.24. The van der Waals surface area contributed by atoms with Crippen LogP contribution in [0.2, 0.25) is 5.02 Å². The van der Waals surface area contributed by atoms with E-state index in [4.69, 9.17) is 16.3 Å². The third-order valence-electron chi connectivity index (χ3n) is 4.50. The molecule has 0 fully saturated rings. The predicted octanol–water partition coefficient (Wildman–Crippen LogP) is 5.24. The van der Waals surface area contributed by atoms with Gasteiger partial charge in [0, 0.05) is 4.47 Å². The topological polar surface area (TPSA) is 38.3 Å². The minimum atomic E-state index is -0.163. The van der Waals surface area contributed by atoms with Crippen LogP contribution in [0.5, 0.6) is 5.75 Å². The van der Waals surface area contributed by atoms with Gasteiger partial charge in [-0.15, -0.1) is 0 Å². The lowest BCUT2D eigenvalue weighted by Gasteiger charge is -2.20. The molecule has 132 valence electrons. The van der Waals surface area contributed by atoms with Gasteiger partial charge in [0.25, 0.3) is 5.91 Å². The number of nitrogens with one attached hydrogen (secondary N) is 1. The molecule has 2 aromatic carbocycles. The lowest BCUT2D eigenvalue weighted by Crippen LogP contribution is -2.31. The van der Waals surface area contributed by atoms with Gasteiger partial charge in [-0.2, -0.15) is 0 Å². The number of benzene rings is 2. The molecule has 1 atom stereocenters. The largest absolute Gasteiger partial charge is 0.482 e. The van der Waals surface area contributed by atoms with Gasteiger partial charge in [-0.25, -0.2) is 0 Å². The molecule has 0 radical (unpaired) electrons. The zero-order valence-corrected chi connectivity index (χ0v) is 16.5. The number of carbonyl (C=O) groups excluding carboxylic acids is 1. The second-order valence-electron chi connectivity index (χ2n) is 6.39. The normalized spacial score (nSPS) is 14.5. The highest BCUT2D eigenvalue weighted by Crippen LogP contribution is 2.28. The number of ether oxygens (including phenoxy) is 1. The first-order valence-electron chi connectivity index (χ1n) is 8.52. The molecule has 1 N–H and O–H groups in total. The van der Waals surface area contributed by atoms with Gasteiger partial charge < -0.3 is 10.1 Å². The molecule has 1 aliphatic carbocycles. The number of fused-ring (bicyclic) bond motifs is 1. The van der Waals surface area contributed by atoms with Crippen molar-refractivity contribution in [3.05, 3.63) is 62.6 Å². The number of rotatable bonds is 5. The van der Waals surface area contributed by atoms with Crippen molar-refractivity contribution in [2.45, 2.75) is 38.6 Å². The predicted molar refractivity (Wildman–Crippen MR) is 104 cm³/mol. The Balaban J connectivity index is 1.57. The molecule has 0 aliphatic heterocycles. The molecule has 2 aromatic rings. The van der Waals surface area contributed by atoms with E-state index in [0.717, 1.165) is 22.9 Å². The Morgan fingerprint density at radius 1 is 1.20 bits per heavy atom. The first-order chi connectivity index (χ1) is 12.0. The summed E-state index contributed by atoms with van der Waals surface area (Å²) in [5.41, 5.74) is 4.00. The maximum absolute atomic E-state index is 12.2. The minimum Gasteiger partial charge on any atom is -0.482 e. The molecule has 1 amide bonds. The van der Waals surface area contributed by atoms with Crippen molar-refractivity contribution in [2.24, 2.45) is 0 Å². The fraction of sp³-hybridized carbons (Fsp3) is 0.350. The highest BCUT2D eigenvalue weighted by Gasteiger charge is 2.14. The quantitative estimate of drug-likeness (QED) is 0.716. The van der Waals surface area contributed by atoms with Gasteiger partial charge in [0.05, 0.1) is 11.1 Å². The molecule has 1 aliphatic rings. The SMILES string of the molecule is C[C@@H](NC(=O)COc1ccc(Br)cc1Cl)c1ccc2c(c1)CCCC2. The number of carbonyl (C=O) groups is 1.